The van der Waals surface area contributed by atoms with Gasteiger partial charge in [-0.25, -0.2) is 4.79 Å². The summed E-state index contributed by atoms with van der Waals surface area (Å²) in [5.74, 6) is 0.151. The molecule has 0 unspecified atom stereocenters. The zero-order chi connectivity index (χ0) is 12.8. The van der Waals surface area contributed by atoms with E-state index in [1.165, 1.54) is 25.9 Å². The van der Waals surface area contributed by atoms with Gasteiger partial charge in [-0.2, -0.15) is 0 Å². The number of carbonyl (C=O) groups is 1. The molecule has 0 aromatic heterocycles. The van der Waals surface area contributed by atoms with E-state index in [1.54, 1.807) is 23.9 Å². The molecule has 3 nitrogen and oxygen atoms in total. The van der Waals surface area contributed by atoms with Gasteiger partial charge in [-0.15, -0.1) is 11.8 Å². The third kappa shape index (κ3) is 3.75. The van der Waals surface area contributed by atoms with E-state index in [1.807, 2.05) is 12.1 Å². The highest BCUT2D eigenvalue weighted by molar-refractivity contribution is 7.99. The molecule has 0 radical (unpaired) electrons. The Kier molecular flexibility index (Phi) is 5.08. The van der Waals surface area contributed by atoms with Crippen molar-refractivity contribution in [2.75, 3.05) is 25.4 Å². The smallest absolute Gasteiger partial charge is 0.336 e. The van der Waals surface area contributed by atoms with E-state index >= 15 is 0 Å². The van der Waals surface area contributed by atoms with Crippen molar-refractivity contribution in [3.8, 4) is 0 Å². The van der Waals surface area contributed by atoms with E-state index in [2.05, 4.69) is 4.90 Å². The minimum Gasteiger partial charge on any atom is -0.478 e. The van der Waals surface area contributed by atoms with Crippen molar-refractivity contribution >= 4 is 17.7 Å². The summed E-state index contributed by atoms with van der Waals surface area (Å²) in [5, 5.41) is 9.07. The molecule has 1 N–H and O–H groups in total. The third-order valence-corrected chi connectivity index (χ3v) is 4.35. The van der Waals surface area contributed by atoms with Crippen LogP contribution in [0.3, 0.4) is 0 Å². The van der Waals surface area contributed by atoms with E-state index in [4.69, 9.17) is 5.11 Å². The maximum Gasteiger partial charge on any atom is 0.336 e. The first-order valence-corrected chi connectivity index (χ1v) is 7.43. The molecular formula is C14H19NO2S. The second-order valence-electron chi connectivity index (χ2n) is 4.55. The number of rotatable bonds is 6. The first-order valence-electron chi connectivity index (χ1n) is 6.45. The van der Waals surface area contributed by atoms with Crippen LogP contribution in [-0.2, 0) is 0 Å². The number of aromatic carboxylic acids is 1. The quantitative estimate of drug-likeness (QED) is 0.634. The topological polar surface area (TPSA) is 40.5 Å². The molecule has 0 bridgehead atoms. The highest BCUT2D eigenvalue weighted by Gasteiger charge is 2.11. The highest BCUT2D eigenvalue weighted by atomic mass is 32.2. The van der Waals surface area contributed by atoms with Gasteiger partial charge in [0, 0.05) is 4.90 Å². The standard InChI is InChI=1S/C14H19NO2S/c16-14(17)12-6-1-2-7-13(12)18-11-5-10-15-8-3-4-9-15/h1-2,6-7H,3-5,8-11H2,(H,16,17). The summed E-state index contributed by atoms with van der Waals surface area (Å²) in [5.41, 5.74) is 0.420. The Morgan fingerprint density at radius 1 is 1.28 bits per heavy atom. The molecule has 0 amide bonds. The lowest BCUT2D eigenvalue weighted by Gasteiger charge is -2.13. The number of benzene rings is 1. The largest absolute Gasteiger partial charge is 0.478 e. The van der Waals surface area contributed by atoms with Gasteiger partial charge in [0.25, 0.3) is 0 Å². The van der Waals surface area contributed by atoms with Crippen LogP contribution in [0.15, 0.2) is 29.2 Å². The molecule has 1 aromatic carbocycles. The van der Waals surface area contributed by atoms with Gasteiger partial charge in [0.2, 0.25) is 0 Å². The zero-order valence-electron chi connectivity index (χ0n) is 10.5. The van der Waals surface area contributed by atoms with E-state index in [-0.39, 0.29) is 0 Å². The number of hydrogen-bond acceptors (Lipinski definition) is 3. The van der Waals surface area contributed by atoms with Crippen LogP contribution in [0.4, 0.5) is 0 Å². The molecule has 0 saturated carbocycles. The summed E-state index contributed by atoms with van der Waals surface area (Å²) in [6, 6.07) is 7.24. The number of carboxylic acids is 1. The number of likely N-dealkylation sites (tertiary alicyclic amines) is 1. The lowest BCUT2D eigenvalue weighted by Crippen LogP contribution is -2.20. The molecular weight excluding hydrogens is 246 g/mol. The molecule has 1 heterocycles. The number of thioether (sulfide) groups is 1. The van der Waals surface area contributed by atoms with Crippen LogP contribution < -0.4 is 0 Å². The van der Waals surface area contributed by atoms with Gasteiger partial charge >= 0.3 is 5.97 Å². The Labute approximate surface area is 112 Å². The Hall–Kier alpha value is -1.00. The molecule has 1 saturated heterocycles. The van der Waals surface area contributed by atoms with Crippen LogP contribution in [0.1, 0.15) is 29.6 Å². The summed E-state index contributed by atoms with van der Waals surface area (Å²) in [6.07, 6.45) is 3.78. The van der Waals surface area contributed by atoms with Gasteiger partial charge in [0.05, 0.1) is 5.56 Å². The number of hydrogen-bond donors (Lipinski definition) is 1. The van der Waals surface area contributed by atoms with Crippen LogP contribution >= 0.6 is 11.8 Å². The Balaban J connectivity index is 1.77. The van der Waals surface area contributed by atoms with E-state index in [9.17, 15) is 4.79 Å². The minimum atomic E-state index is -0.836. The first kappa shape index (κ1) is 13.4. The second-order valence-corrected chi connectivity index (χ2v) is 5.69. The van der Waals surface area contributed by atoms with Gasteiger partial charge in [-0.3, -0.25) is 0 Å². The summed E-state index contributed by atoms with van der Waals surface area (Å²) >= 11 is 1.65. The number of carboxylic acid groups (broad SMARTS) is 1. The predicted molar refractivity (Wildman–Crippen MR) is 74.4 cm³/mol. The van der Waals surface area contributed by atoms with Crippen molar-refractivity contribution in [2.45, 2.75) is 24.2 Å². The average molecular weight is 265 g/mol. The fourth-order valence-electron chi connectivity index (χ4n) is 2.25. The molecule has 2 rings (SSSR count). The average Bonchev–Trinajstić information content (AvgIpc) is 2.88. The Bertz CT molecular complexity index is 403. The normalized spacial score (nSPS) is 16.0. The molecule has 4 heteroatoms. The molecule has 0 atom stereocenters. The molecule has 0 aliphatic carbocycles. The summed E-state index contributed by atoms with van der Waals surface area (Å²) in [7, 11) is 0. The van der Waals surface area contributed by atoms with Crippen molar-refractivity contribution in [3.63, 3.8) is 0 Å². The van der Waals surface area contributed by atoms with Gasteiger partial charge in [0.1, 0.15) is 0 Å². The molecule has 1 fully saturated rings. The van der Waals surface area contributed by atoms with Crippen LogP contribution in [0, 0.1) is 0 Å². The molecule has 18 heavy (non-hydrogen) atoms. The molecule has 0 spiro atoms. The van der Waals surface area contributed by atoms with Gasteiger partial charge < -0.3 is 10.0 Å². The van der Waals surface area contributed by atoms with E-state index < -0.39 is 5.97 Å². The number of nitrogens with zero attached hydrogens (tertiary/aromatic N) is 1. The molecule has 98 valence electrons. The monoisotopic (exact) mass is 265 g/mol. The van der Waals surface area contributed by atoms with E-state index in [0.29, 0.717) is 5.56 Å². The Morgan fingerprint density at radius 3 is 2.72 bits per heavy atom. The van der Waals surface area contributed by atoms with Gasteiger partial charge in [-0.1, -0.05) is 12.1 Å². The highest BCUT2D eigenvalue weighted by Crippen LogP contribution is 2.23. The molecule has 1 aromatic rings. The third-order valence-electron chi connectivity index (χ3n) is 3.19. The van der Waals surface area contributed by atoms with Crippen LogP contribution in [0.2, 0.25) is 0 Å². The fourth-order valence-corrected chi connectivity index (χ4v) is 3.22. The summed E-state index contributed by atoms with van der Waals surface area (Å²) in [6.45, 7) is 3.61. The van der Waals surface area contributed by atoms with Crippen molar-refractivity contribution in [2.24, 2.45) is 0 Å². The lowest BCUT2D eigenvalue weighted by molar-refractivity contribution is 0.0693. The first-order chi connectivity index (χ1) is 8.77. The minimum absolute atomic E-state index is 0.420. The lowest BCUT2D eigenvalue weighted by atomic mass is 10.2. The predicted octanol–water partition coefficient (Wildman–Crippen LogP) is 2.96. The van der Waals surface area contributed by atoms with Crippen LogP contribution in [-0.4, -0.2) is 41.4 Å². The van der Waals surface area contributed by atoms with Crippen LogP contribution in [0.25, 0.3) is 0 Å². The second kappa shape index (κ2) is 6.81. The van der Waals surface area contributed by atoms with Crippen molar-refractivity contribution in [1.29, 1.82) is 0 Å². The van der Waals surface area contributed by atoms with Crippen molar-refractivity contribution < 1.29 is 9.90 Å². The Morgan fingerprint density at radius 2 is 2.00 bits per heavy atom. The van der Waals surface area contributed by atoms with Gasteiger partial charge in [0.15, 0.2) is 0 Å². The van der Waals surface area contributed by atoms with E-state index in [0.717, 1.165) is 23.6 Å². The summed E-state index contributed by atoms with van der Waals surface area (Å²) in [4.78, 5) is 14.4. The molecule has 1 aliphatic rings. The van der Waals surface area contributed by atoms with Crippen molar-refractivity contribution in [1.82, 2.24) is 4.90 Å². The van der Waals surface area contributed by atoms with Crippen molar-refractivity contribution in [3.05, 3.63) is 29.8 Å². The SMILES string of the molecule is O=C(O)c1ccccc1SCCCN1CCCC1. The fraction of sp³-hybridized carbons (Fsp3) is 0.500. The van der Waals surface area contributed by atoms with Gasteiger partial charge in [-0.05, 0) is 56.8 Å². The van der Waals surface area contributed by atoms with Crippen LogP contribution in [0.5, 0.6) is 0 Å². The maximum absolute atomic E-state index is 11.0. The maximum atomic E-state index is 11.0. The molecule has 1 aliphatic heterocycles. The zero-order valence-corrected chi connectivity index (χ0v) is 11.3. The summed E-state index contributed by atoms with van der Waals surface area (Å²) < 4.78 is 0.